The number of ether oxygens (including phenoxy) is 2. The second-order valence-electron chi connectivity index (χ2n) is 7.63. The monoisotopic (exact) mass is 512 g/mol. The van der Waals surface area contributed by atoms with Gasteiger partial charge in [-0.3, -0.25) is 9.59 Å². The Labute approximate surface area is 207 Å². The summed E-state index contributed by atoms with van der Waals surface area (Å²) in [6.07, 6.45) is 0. The molecule has 1 atom stereocenters. The Morgan fingerprint density at radius 1 is 1.06 bits per heavy atom. The quantitative estimate of drug-likeness (QED) is 0.330. The minimum atomic E-state index is -0.841. The maximum Gasteiger partial charge on any atom is 0.295 e. The van der Waals surface area contributed by atoms with E-state index in [9.17, 15) is 14.7 Å². The lowest BCUT2D eigenvalue weighted by atomic mass is 9.95. The van der Waals surface area contributed by atoms with E-state index in [2.05, 4.69) is 0 Å². The number of methoxy groups -OCH3 is 2. The van der Waals surface area contributed by atoms with Gasteiger partial charge in [-0.15, -0.1) is 0 Å². The molecule has 7 nitrogen and oxygen atoms in total. The molecule has 0 spiro atoms. The molecule has 2 aromatic carbocycles. The van der Waals surface area contributed by atoms with Crippen LogP contribution in [-0.2, 0) is 9.59 Å². The van der Waals surface area contributed by atoms with E-state index in [-0.39, 0.29) is 39.2 Å². The third-order valence-electron chi connectivity index (χ3n) is 5.31. The van der Waals surface area contributed by atoms with Crippen molar-refractivity contribution in [2.45, 2.75) is 6.04 Å². The SMILES string of the molecule is COc1c(Cl)cc(/C(O)=C2\C(=O)C(=O)N(CCN(C)C)C2c2ccc(Cl)cc2)c(OC)c1Cl. The number of likely N-dealkylation sites (tertiary alicyclic amines) is 1. The van der Waals surface area contributed by atoms with Gasteiger partial charge in [0.25, 0.3) is 11.7 Å². The molecular formula is C23H23Cl3N2O5. The second kappa shape index (κ2) is 10.2. The first-order chi connectivity index (χ1) is 15.6. The molecule has 1 fully saturated rings. The van der Waals surface area contributed by atoms with Crippen LogP contribution in [0.15, 0.2) is 35.9 Å². The summed E-state index contributed by atoms with van der Waals surface area (Å²) in [6.45, 7) is 0.781. The van der Waals surface area contributed by atoms with E-state index in [0.717, 1.165) is 0 Å². The van der Waals surface area contributed by atoms with Gasteiger partial charge in [0.1, 0.15) is 10.8 Å². The minimum Gasteiger partial charge on any atom is -0.507 e. The van der Waals surface area contributed by atoms with E-state index in [1.165, 1.54) is 25.2 Å². The zero-order valence-corrected chi connectivity index (χ0v) is 20.8. The zero-order valence-electron chi connectivity index (χ0n) is 18.5. The molecule has 10 heteroatoms. The highest BCUT2D eigenvalue weighted by atomic mass is 35.5. The fraction of sp³-hybridized carbons (Fsp3) is 0.304. The number of benzene rings is 2. The van der Waals surface area contributed by atoms with E-state index in [1.807, 2.05) is 19.0 Å². The molecule has 1 aliphatic heterocycles. The Kier molecular flexibility index (Phi) is 7.80. The second-order valence-corrected chi connectivity index (χ2v) is 8.86. The van der Waals surface area contributed by atoms with Crippen LogP contribution in [0.5, 0.6) is 11.5 Å². The third-order valence-corrected chi connectivity index (χ3v) is 6.18. The Balaban J connectivity index is 2.26. The van der Waals surface area contributed by atoms with Crippen molar-refractivity contribution in [3.8, 4) is 11.5 Å². The first-order valence-electron chi connectivity index (χ1n) is 9.91. The van der Waals surface area contributed by atoms with Crippen LogP contribution in [-0.4, -0.2) is 68.0 Å². The highest BCUT2D eigenvalue weighted by molar-refractivity contribution is 6.47. The van der Waals surface area contributed by atoms with Crippen LogP contribution in [0.3, 0.4) is 0 Å². The van der Waals surface area contributed by atoms with Crippen molar-refractivity contribution in [3.63, 3.8) is 0 Å². The molecule has 176 valence electrons. The molecule has 2 aromatic rings. The molecule has 1 unspecified atom stereocenters. The Morgan fingerprint density at radius 2 is 1.67 bits per heavy atom. The molecule has 33 heavy (non-hydrogen) atoms. The number of aliphatic hydroxyl groups is 1. The van der Waals surface area contributed by atoms with E-state index in [0.29, 0.717) is 17.1 Å². The van der Waals surface area contributed by atoms with E-state index < -0.39 is 23.5 Å². The van der Waals surface area contributed by atoms with E-state index in [1.54, 1.807) is 24.3 Å². The number of aliphatic hydroxyl groups excluding tert-OH is 1. The van der Waals surface area contributed by atoms with Crippen molar-refractivity contribution in [1.29, 1.82) is 0 Å². The number of carbonyl (C=O) groups excluding carboxylic acids is 2. The van der Waals surface area contributed by atoms with Gasteiger partial charge in [-0.2, -0.15) is 0 Å². The molecular weight excluding hydrogens is 491 g/mol. The van der Waals surface area contributed by atoms with Crippen LogP contribution in [0.4, 0.5) is 0 Å². The van der Waals surface area contributed by atoms with Crippen LogP contribution in [0.2, 0.25) is 15.1 Å². The number of ketones is 1. The molecule has 0 bridgehead atoms. The Bertz CT molecular complexity index is 1120. The van der Waals surface area contributed by atoms with Gasteiger partial charge in [0, 0.05) is 18.1 Å². The normalized spacial score (nSPS) is 17.7. The molecule has 1 N–H and O–H groups in total. The lowest BCUT2D eigenvalue weighted by Gasteiger charge is -2.26. The maximum absolute atomic E-state index is 13.1. The number of hydrogen-bond donors (Lipinski definition) is 1. The fourth-order valence-electron chi connectivity index (χ4n) is 3.70. The Morgan fingerprint density at radius 3 is 2.21 bits per heavy atom. The summed E-state index contributed by atoms with van der Waals surface area (Å²) < 4.78 is 10.6. The average Bonchev–Trinajstić information content (AvgIpc) is 3.02. The summed E-state index contributed by atoms with van der Waals surface area (Å²) >= 11 is 18.7. The number of nitrogens with zero attached hydrogens (tertiary/aromatic N) is 2. The first kappa shape index (κ1) is 25.2. The molecule has 1 amide bonds. The molecule has 0 aromatic heterocycles. The van der Waals surface area contributed by atoms with Crippen molar-refractivity contribution in [1.82, 2.24) is 9.80 Å². The highest BCUT2D eigenvalue weighted by Gasteiger charge is 2.46. The van der Waals surface area contributed by atoms with Crippen LogP contribution >= 0.6 is 34.8 Å². The summed E-state index contributed by atoms with van der Waals surface area (Å²) in [5.74, 6) is -1.78. The van der Waals surface area contributed by atoms with Gasteiger partial charge in [-0.25, -0.2) is 0 Å². The Hall–Kier alpha value is -2.45. The van der Waals surface area contributed by atoms with Crippen molar-refractivity contribution >= 4 is 52.3 Å². The van der Waals surface area contributed by atoms with Gasteiger partial charge in [-0.1, -0.05) is 46.9 Å². The summed E-state index contributed by atoms with van der Waals surface area (Å²) in [4.78, 5) is 29.4. The highest BCUT2D eigenvalue weighted by Crippen LogP contribution is 2.47. The summed E-state index contributed by atoms with van der Waals surface area (Å²) in [5, 5.41) is 12.0. The molecule has 1 saturated heterocycles. The van der Waals surface area contributed by atoms with E-state index in [4.69, 9.17) is 44.3 Å². The average molecular weight is 514 g/mol. The van der Waals surface area contributed by atoms with Gasteiger partial charge < -0.3 is 24.4 Å². The zero-order chi connectivity index (χ0) is 24.4. The third kappa shape index (κ3) is 4.77. The van der Waals surface area contributed by atoms with Gasteiger partial charge in [-0.05, 0) is 37.9 Å². The van der Waals surface area contributed by atoms with Gasteiger partial charge >= 0.3 is 0 Å². The fourth-order valence-corrected chi connectivity index (χ4v) is 4.51. The van der Waals surface area contributed by atoms with E-state index >= 15 is 0 Å². The molecule has 0 saturated carbocycles. The van der Waals surface area contributed by atoms with Gasteiger partial charge in [0.05, 0.1) is 36.4 Å². The predicted molar refractivity (Wildman–Crippen MR) is 129 cm³/mol. The lowest BCUT2D eigenvalue weighted by molar-refractivity contribution is -0.140. The molecule has 1 heterocycles. The molecule has 0 radical (unpaired) electrons. The minimum absolute atomic E-state index is 0.0268. The summed E-state index contributed by atoms with van der Waals surface area (Å²) in [5.41, 5.74) is 0.582. The predicted octanol–water partition coefficient (Wildman–Crippen LogP) is 4.65. The standard InChI is InChI=1S/C23H23Cl3N2O5/c1-27(2)9-10-28-18(12-5-7-13(24)8-6-12)16(20(30)23(28)31)19(29)14-11-15(25)22(33-4)17(26)21(14)32-3/h5-8,11,18,29H,9-10H2,1-4H3/b19-16+. The molecule has 3 rings (SSSR count). The van der Waals surface area contributed by atoms with Gasteiger partial charge in [0.15, 0.2) is 11.5 Å². The number of carbonyl (C=O) groups is 2. The molecule has 1 aliphatic rings. The number of likely N-dealkylation sites (N-methyl/N-ethyl adjacent to an activating group) is 1. The number of amides is 1. The van der Waals surface area contributed by atoms with Gasteiger partial charge in [0.2, 0.25) is 0 Å². The smallest absolute Gasteiger partial charge is 0.295 e. The molecule has 0 aliphatic carbocycles. The lowest BCUT2D eigenvalue weighted by Crippen LogP contribution is -2.35. The first-order valence-corrected chi connectivity index (χ1v) is 11.0. The van der Waals surface area contributed by atoms with Crippen molar-refractivity contribution in [2.75, 3.05) is 41.4 Å². The largest absolute Gasteiger partial charge is 0.507 e. The summed E-state index contributed by atoms with van der Waals surface area (Å²) in [7, 11) is 6.47. The topological polar surface area (TPSA) is 79.3 Å². The maximum atomic E-state index is 13.1. The summed E-state index contributed by atoms with van der Waals surface area (Å²) in [6, 6.07) is 7.27. The van der Waals surface area contributed by atoms with Crippen LogP contribution in [0.25, 0.3) is 5.76 Å². The van der Waals surface area contributed by atoms with Crippen LogP contribution in [0, 0.1) is 0 Å². The number of Topliss-reactive ketones (excluding diaryl/α,β-unsaturated/α-hetero) is 1. The van der Waals surface area contributed by atoms with Crippen molar-refractivity contribution in [2.24, 2.45) is 0 Å². The van der Waals surface area contributed by atoms with Crippen LogP contribution < -0.4 is 9.47 Å². The number of rotatable bonds is 7. The number of hydrogen-bond acceptors (Lipinski definition) is 6. The van der Waals surface area contributed by atoms with Crippen LogP contribution in [0.1, 0.15) is 17.2 Å². The van der Waals surface area contributed by atoms with Crippen molar-refractivity contribution in [3.05, 3.63) is 62.1 Å². The van der Waals surface area contributed by atoms with Crippen molar-refractivity contribution < 1.29 is 24.2 Å². The number of halogens is 3.